The second kappa shape index (κ2) is 5.64. The molecule has 0 unspecified atom stereocenters. The maximum atomic E-state index is 10.4. The van der Waals surface area contributed by atoms with Crippen LogP contribution >= 0.6 is 0 Å². The molecule has 0 radical (unpaired) electrons. The average Bonchev–Trinajstić information content (AvgIpc) is 3.11. The van der Waals surface area contributed by atoms with Crippen molar-refractivity contribution in [2.45, 2.75) is 19.4 Å². The predicted octanol–water partition coefficient (Wildman–Crippen LogP) is 2.71. The molecule has 3 nitrogen and oxygen atoms in total. The minimum atomic E-state index is -0.930. The third-order valence-corrected chi connectivity index (χ3v) is 2.69. The molecule has 2 rings (SSSR count). The minimum absolute atomic E-state index is 0.602. The van der Waals surface area contributed by atoms with Crippen molar-refractivity contribution < 1.29 is 14.6 Å². The highest BCUT2D eigenvalue weighted by Crippen LogP contribution is 2.29. The highest BCUT2D eigenvalue weighted by molar-refractivity contribution is 5.85. The number of ether oxygens (including phenoxy) is 1. The van der Waals surface area contributed by atoms with Gasteiger partial charge in [-0.3, -0.25) is 0 Å². The summed E-state index contributed by atoms with van der Waals surface area (Å²) in [5.41, 5.74) is 1.97. The number of benzene rings is 1. The molecule has 1 aromatic rings. The van der Waals surface area contributed by atoms with Crippen molar-refractivity contribution in [3.8, 4) is 0 Å². The summed E-state index contributed by atoms with van der Waals surface area (Å²) < 4.78 is 5.58. The van der Waals surface area contributed by atoms with Gasteiger partial charge in [-0.25, -0.2) is 4.79 Å². The molecular formula is C14H16O3. The molecule has 0 amide bonds. The van der Waals surface area contributed by atoms with E-state index in [4.69, 9.17) is 9.84 Å². The van der Waals surface area contributed by atoms with Gasteiger partial charge in [-0.05, 0) is 42.0 Å². The van der Waals surface area contributed by atoms with Crippen LogP contribution in [-0.2, 0) is 16.1 Å². The summed E-state index contributed by atoms with van der Waals surface area (Å²) >= 11 is 0. The fourth-order valence-corrected chi connectivity index (χ4v) is 1.58. The van der Waals surface area contributed by atoms with Crippen LogP contribution in [0.1, 0.15) is 24.0 Å². The first-order valence-electron chi connectivity index (χ1n) is 5.82. The smallest absolute Gasteiger partial charge is 0.328 e. The van der Waals surface area contributed by atoms with Crippen molar-refractivity contribution in [2.24, 2.45) is 5.92 Å². The van der Waals surface area contributed by atoms with E-state index < -0.39 is 5.97 Å². The van der Waals surface area contributed by atoms with Gasteiger partial charge < -0.3 is 9.84 Å². The molecule has 1 fully saturated rings. The van der Waals surface area contributed by atoms with E-state index in [-0.39, 0.29) is 0 Å². The van der Waals surface area contributed by atoms with E-state index in [1.54, 1.807) is 6.08 Å². The highest BCUT2D eigenvalue weighted by atomic mass is 16.5. The molecule has 0 spiro atoms. The van der Waals surface area contributed by atoms with E-state index in [9.17, 15) is 4.79 Å². The molecule has 0 aromatic heterocycles. The summed E-state index contributed by atoms with van der Waals surface area (Å²) in [6.45, 7) is 1.44. The Balaban J connectivity index is 1.88. The fourth-order valence-electron chi connectivity index (χ4n) is 1.58. The molecule has 90 valence electrons. The molecule has 1 N–H and O–H groups in total. The van der Waals surface area contributed by atoms with E-state index in [0.717, 1.165) is 29.7 Å². The van der Waals surface area contributed by atoms with Crippen LogP contribution in [0.5, 0.6) is 0 Å². The minimum Gasteiger partial charge on any atom is -0.478 e. The molecule has 0 heterocycles. The number of carboxylic acids is 1. The first-order valence-corrected chi connectivity index (χ1v) is 5.82. The lowest BCUT2D eigenvalue weighted by molar-refractivity contribution is -0.131. The third kappa shape index (κ3) is 4.41. The molecule has 0 atom stereocenters. The summed E-state index contributed by atoms with van der Waals surface area (Å²) in [5.74, 6) is -0.162. The van der Waals surface area contributed by atoms with Gasteiger partial charge >= 0.3 is 5.97 Å². The van der Waals surface area contributed by atoms with Gasteiger partial charge in [-0.15, -0.1) is 0 Å². The van der Waals surface area contributed by atoms with Crippen molar-refractivity contribution in [1.82, 2.24) is 0 Å². The second-order valence-electron chi connectivity index (χ2n) is 4.38. The number of hydrogen-bond acceptors (Lipinski definition) is 2. The Hall–Kier alpha value is -1.61. The molecule has 0 aliphatic heterocycles. The molecule has 0 bridgehead atoms. The zero-order valence-corrected chi connectivity index (χ0v) is 9.63. The van der Waals surface area contributed by atoms with Crippen molar-refractivity contribution in [2.75, 3.05) is 6.61 Å². The van der Waals surface area contributed by atoms with Crippen LogP contribution < -0.4 is 0 Å². The maximum absolute atomic E-state index is 10.4. The lowest BCUT2D eigenvalue weighted by Crippen LogP contribution is -1.97. The van der Waals surface area contributed by atoms with Gasteiger partial charge in [0.05, 0.1) is 6.61 Å². The van der Waals surface area contributed by atoms with Gasteiger partial charge in [-0.2, -0.15) is 0 Å². The summed E-state index contributed by atoms with van der Waals surface area (Å²) in [7, 11) is 0. The van der Waals surface area contributed by atoms with Crippen molar-refractivity contribution in [3.05, 3.63) is 41.5 Å². The van der Waals surface area contributed by atoms with Crippen molar-refractivity contribution >= 4 is 12.0 Å². The molecule has 1 aliphatic rings. The van der Waals surface area contributed by atoms with Gasteiger partial charge in [0, 0.05) is 12.7 Å². The van der Waals surface area contributed by atoms with E-state index >= 15 is 0 Å². The Labute approximate surface area is 101 Å². The lowest BCUT2D eigenvalue weighted by atomic mass is 10.1. The van der Waals surface area contributed by atoms with Crippen LogP contribution in [0.15, 0.2) is 30.3 Å². The largest absolute Gasteiger partial charge is 0.478 e. The van der Waals surface area contributed by atoms with Crippen LogP contribution in [0.4, 0.5) is 0 Å². The number of rotatable bonds is 6. The number of carbonyl (C=O) groups is 1. The molecule has 1 saturated carbocycles. The molecule has 17 heavy (non-hydrogen) atoms. The summed E-state index contributed by atoms with van der Waals surface area (Å²) in [5, 5.41) is 8.54. The quantitative estimate of drug-likeness (QED) is 0.767. The van der Waals surface area contributed by atoms with Gasteiger partial charge in [0.1, 0.15) is 0 Å². The van der Waals surface area contributed by atoms with Gasteiger partial charge in [-0.1, -0.05) is 18.2 Å². The topological polar surface area (TPSA) is 46.5 Å². The third-order valence-electron chi connectivity index (χ3n) is 2.69. The van der Waals surface area contributed by atoms with E-state index in [1.807, 2.05) is 24.3 Å². The van der Waals surface area contributed by atoms with Crippen LogP contribution in [0.3, 0.4) is 0 Å². The SMILES string of the molecule is O=C(O)/C=C/c1cccc(COCC2CC2)c1. The number of hydrogen-bond donors (Lipinski definition) is 1. The van der Waals surface area contributed by atoms with Crippen molar-refractivity contribution in [1.29, 1.82) is 0 Å². The monoisotopic (exact) mass is 232 g/mol. The summed E-state index contributed by atoms with van der Waals surface area (Å²) in [4.78, 5) is 10.4. The zero-order valence-electron chi connectivity index (χ0n) is 9.63. The predicted molar refractivity (Wildman–Crippen MR) is 65.5 cm³/mol. The van der Waals surface area contributed by atoms with E-state index in [2.05, 4.69) is 0 Å². The summed E-state index contributed by atoms with van der Waals surface area (Å²) in [6, 6.07) is 7.73. The molecular weight excluding hydrogens is 216 g/mol. The van der Waals surface area contributed by atoms with Crippen LogP contribution in [0.25, 0.3) is 6.08 Å². The van der Waals surface area contributed by atoms with Gasteiger partial charge in [0.15, 0.2) is 0 Å². The Morgan fingerprint density at radius 1 is 1.47 bits per heavy atom. The lowest BCUT2D eigenvalue weighted by Gasteiger charge is -2.04. The Kier molecular flexibility index (Phi) is 3.94. The average molecular weight is 232 g/mol. The first kappa shape index (κ1) is 11.9. The highest BCUT2D eigenvalue weighted by Gasteiger charge is 2.20. The van der Waals surface area contributed by atoms with Crippen LogP contribution in [0, 0.1) is 5.92 Å². The Morgan fingerprint density at radius 3 is 3.00 bits per heavy atom. The maximum Gasteiger partial charge on any atom is 0.328 e. The normalized spacial score (nSPS) is 15.3. The van der Waals surface area contributed by atoms with Gasteiger partial charge in [0.2, 0.25) is 0 Å². The molecule has 0 saturated heterocycles. The Morgan fingerprint density at radius 2 is 2.29 bits per heavy atom. The fraction of sp³-hybridized carbons (Fsp3) is 0.357. The van der Waals surface area contributed by atoms with E-state index in [0.29, 0.717) is 6.61 Å². The van der Waals surface area contributed by atoms with Crippen molar-refractivity contribution in [3.63, 3.8) is 0 Å². The first-order chi connectivity index (χ1) is 8.24. The zero-order chi connectivity index (χ0) is 12.1. The number of aliphatic carboxylic acids is 1. The van der Waals surface area contributed by atoms with Crippen LogP contribution in [-0.4, -0.2) is 17.7 Å². The molecule has 3 heteroatoms. The second-order valence-corrected chi connectivity index (χ2v) is 4.38. The number of carboxylic acid groups (broad SMARTS) is 1. The van der Waals surface area contributed by atoms with Crippen LogP contribution in [0.2, 0.25) is 0 Å². The summed E-state index contributed by atoms with van der Waals surface area (Å²) in [6.07, 6.45) is 5.32. The molecule has 1 aromatic carbocycles. The molecule has 1 aliphatic carbocycles. The van der Waals surface area contributed by atoms with Gasteiger partial charge in [0.25, 0.3) is 0 Å². The standard InChI is InChI=1S/C14H16O3/c15-14(16)7-6-11-2-1-3-13(8-11)10-17-9-12-4-5-12/h1-3,6-8,12H,4-5,9-10H2,(H,15,16)/b7-6+. The Bertz CT molecular complexity index is 419. The van der Waals surface area contributed by atoms with E-state index in [1.165, 1.54) is 12.8 Å².